The zero-order valence-corrected chi connectivity index (χ0v) is 11.3. The summed E-state index contributed by atoms with van der Waals surface area (Å²) in [6.07, 6.45) is 2.20. The van der Waals surface area contributed by atoms with Gasteiger partial charge in [-0.1, -0.05) is 6.07 Å². The summed E-state index contributed by atoms with van der Waals surface area (Å²) in [4.78, 5) is 21.4. The zero-order valence-electron chi connectivity index (χ0n) is 11.3. The first-order valence-corrected chi connectivity index (χ1v) is 5.94. The minimum Gasteiger partial charge on any atom is -0.545 e. The van der Waals surface area contributed by atoms with E-state index in [0.29, 0.717) is 30.5 Å². The van der Waals surface area contributed by atoms with Crippen LogP contribution in [0.4, 0.5) is 0 Å². The molecule has 0 atom stereocenters. The van der Waals surface area contributed by atoms with Gasteiger partial charge in [-0.15, -0.1) is 0 Å². The molecular formula is C14H16NO5-. The van der Waals surface area contributed by atoms with Gasteiger partial charge in [-0.25, -0.2) is 0 Å². The lowest BCUT2D eigenvalue weighted by Gasteiger charge is -2.09. The fourth-order valence-corrected chi connectivity index (χ4v) is 1.57. The number of carbonyl (C=O) groups excluding carboxylic acids is 2. The predicted molar refractivity (Wildman–Crippen MR) is 70.4 cm³/mol. The Morgan fingerprint density at radius 1 is 1.20 bits per heavy atom. The van der Waals surface area contributed by atoms with Gasteiger partial charge in [0.25, 0.3) is 0 Å². The van der Waals surface area contributed by atoms with Gasteiger partial charge in [0.1, 0.15) is 0 Å². The van der Waals surface area contributed by atoms with E-state index in [9.17, 15) is 14.7 Å². The number of methoxy groups -OCH3 is 2. The van der Waals surface area contributed by atoms with Crippen LogP contribution in [0.2, 0.25) is 0 Å². The van der Waals surface area contributed by atoms with E-state index in [1.54, 1.807) is 20.3 Å². The highest BCUT2D eigenvalue weighted by molar-refractivity contribution is 5.93. The minimum absolute atomic E-state index is 0.381. The molecule has 0 aromatic heterocycles. The number of hydrogen-bond donors (Lipinski definition) is 1. The molecule has 0 saturated heterocycles. The molecule has 0 spiro atoms. The lowest BCUT2D eigenvalue weighted by Crippen LogP contribution is -2.25. The average molecular weight is 278 g/mol. The Labute approximate surface area is 117 Å². The lowest BCUT2D eigenvalue weighted by molar-refractivity contribution is -0.297. The van der Waals surface area contributed by atoms with Crippen LogP contribution in [0.5, 0.6) is 11.5 Å². The van der Waals surface area contributed by atoms with Crippen molar-refractivity contribution in [2.24, 2.45) is 0 Å². The van der Waals surface area contributed by atoms with E-state index in [-0.39, 0.29) is 0 Å². The zero-order chi connectivity index (χ0) is 15.0. The Bertz CT molecular complexity index is 510. The van der Waals surface area contributed by atoms with Gasteiger partial charge < -0.3 is 24.7 Å². The molecule has 1 amide bonds. The van der Waals surface area contributed by atoms with Gasteiger partial charge in [0.05, 0.1) is 20.2 Å². The molecule has 6 heteroatoms. The van der Waals surface area contributed by atoms with Crippen LogP contribution in [0.3, 0.4) is 0 Å². The molecule has 1 aromatic rings. The highest BCUT2D eigenvalue weighted by Gasteiger charge is 2.04. The topological polar surface area (TPSA) is 87.7 Å². The molecule has 0 radical (unpaired) electrons. The third kappa shape index (κ3) is 5.01. The number of carbonyl (C=O) groups is 2. The van der Waals surface area contributed by atoms with Crippen molar-refractivity contribution < 1.29 is 24.2 Å². The van der Waals surface area contributed by atoms with Crippen molar-refractivity contribution in [3.63, 3.8) is 0 Å². The minimum atomic E-state index is -1.40. The Kier molecular flexibility index (Phi) is 6.09. The summed E-state index contributed by atoms with van der Waals surface area (Å²) in [7, 11) is 3.11. The molecule has 0 aliphatic rings. The Morgan fingerprint density at radius 3 is 2.50 bits per heavy atom. The quantitative estimate of drug-likeness (QED) is 0.690. The number of hydrogen-bond acceptors (Lipinski definition) is 5. The molecule has 1 N–H and O–H groups in total. The van der Waals surface area contributed by atoms with Crippen LogP contribution in [-0.4, -0.2) is 32.6 Å². The first kappa shape index (κ1) is 15.6. The van der Waals surface area contributed by atoms with Crippen molar-refractivity contribution in [3.8, 4) is 11.5 Å². The maximum absolute atomic E-state index is 11.2. The SMILES string of the molecule is COc1ccc(CCNC(=O)/C=C/C(=O)[O-])cc1OC. The molecule has 0 saturated carbocycles. The fraction of sp³-hybridized carbons (Fsp3) is 0.286. The first-order chi connectivity index (χ1) is 9.56. The third-order valence-electron chi connectivity index (χ3n) is 2.53. The predicted octanol–water partition coefficient (Wildman–Crippen LogP) is -0.331. The van der Waals surface area contributed by atoms with Crippen molar-refractivity contribution in [2.75, 3.05) is 20.8 Å². The molecule has 0 aliphatic carbocycles. The molecule has 0 aliphatic heterocycles. The standard InChI is InChI=1S/C14H17NO5/c1-19-11-4-3-10(9-12(11)20-2)7-8-15-13(16)5-6-14(17)18/h3-6,9H,7-8H2,1-2H3,(H,15,16)(H,17,18)/p-1/b6-5+. The molecular weight excluding hydrogens is 262 g/mol. The van der Waals surface area contributed by atoms with Crippen LogP contribution in [0, 0.1) is 0 Å². The van der Waals surface area contributed by atoms with Crippen LogP contribution in [0.1, 0.15) is 5.56 Å². The van der Waals surface area contributed by atoms with Crippen LogP contribution < -0.4 is 19.9 Å². The monoisotopic (exact) mass is 278 g/mol. The molecule has 0 fully saturated rings. The van der Waals surface area contributed by atoms with Crippen molar-refractivity contribution in [2.45, 2.75) is 6.42 Å². The highest BCUT2D eigenvalue weighted by atomic mass is 16.5. The molecule has 0 unspecified atom stereocenters. The number of ether oxygens (including phenoxy) is 2. The summed E-state index contributed by atoms with van der Waals surface area (Å²) in [5.41, 5.74) is 0.965. The van der Waals surface area contributed by atoms with Gasteiger partial charge in [-0.2, -0.15) is 0 Å². The maximum Gasteiger partial charge on any atom is 0.244 e. The van der Waals surface area contributed by atoms with E-state index in [0.717, 1.165) is 11.6 Å². The second-order valence-corrected chi connectivity index (χ2v) is 3.88. The van der Waals surface area contributed by atoms with E-state index in [4.69, 9.17) is 9.47 Å². The lowest BCUT2D eigenvalue weighted by atomic mass is 10.1. The third-order valence-corrected chi connectivity index (χ3v) is 2.53. The van der Waals surface area contributed by atoms with Crippen molar-refractivity contribution in [3.05, 3.63) is 35.9 Å². The van der Waals surface area contributed by atoms with Crippen LogP contribution in [0.15, 0.2) is 30.4 Å². The number of rotatable bonds is 7. The van der Waals surface area contributed by atoms with Gasteiger partial charge in [-0.05, 0) is 30.2 Å². The van der Waals surface area contributed by atoms with E-state index in [2.05, 4.69) is 5.32 Å². The van der Waals surface area contributed by atoms with Crippen LogP contribution in [0.25, 0.3) is 0 Å². The van der Waals surface area contributed by atoms with Crippen LogP contribution >= 0.6 is 0 Å². The largest absolute Gasteiger partial charge is 0.545 e. The van der Waals surface area contributed by atoms with Gasteiger partial charge in [0, 0.05) is 12.6 Å². The summed E-state index contributed by atoms with van der Waals surface area (Å²) >= 11 is 0. The van der Waals surface area contributed by atoms with Crippen molar-refractivity contribution in [1.29, 1.82) is 0 Å². The fourth-order valence-electron chi connectivity index (χ4n) is 1.57. The molecule has 20 heavy (non-hydrogen) atoms. The van der Waals surface area contributed by atoms with E-state index >= 15 is 0 Å². The van der Waals surface area contributed by atoms with Crippen LogP contribution in [-0.2, 0) is 16.0 Å². The Balaban J connectivity index is 2.50. The number of amides is 1. The summed E-state index contributed by atoms with van der Waals surface area (Å²) < 4.78 is 10.3. The summed E-state index contributed by atoms with van der Waals surface area (Å²) in [5.74, 6) is -0.625. The number of carboxylic acid groups (broad SMARTS) is 1. The van der Waals surface area contributed by atoms with Gasteiger partial charge in [0.2, 0.25) is 5.91 Å². The smallest absolute Gasteiger partial charge is 0.244 e. The van der Waals surface area contributed by atoms with Gasteiger partial charge in [0.15, 0.2) is 11.5 Å². The van der Waals surface area contributed by atoms with E-state index < -0.39 is 11.9 Å². The molecule has 1 rings (SSSR count). The Morgan fingerprint density at radius 2 is 1.90 bits per heavy atom. The van der Waals surface area contributed by atoms with E-state index in [1.165, 1.54) is 0 Å². The number of aliphatic carboxylic acids is 1. The highest BCUT2D eigenvalue weighted by Crippen LogP contribution is 2.27. The average Bonchev–Trinajstić information content (AvgIpc) is 2.44. The molecule has 0 bridgehead atoms. The Hall–Kier alpha value is -2.50. The number of benzene rings is 1. The van der Waals surface area contributed by atoms with Gasteiger partial charge >= 0.3 is 0 Å². The summed E-state index contributed by atoms with van der Waals surface area (Å²) in [6.45, 7) is 0.381. The second-order valence-electron chi connectivity index (χ2n) is 3.88. The van der Waals surface area contributed by atoms with Gasteiger partial charge in [-0.3, -0.25) is 4.79 Å². The van der Waals surface area contributed by atoms with Crippen molar-refractivity contribution >= 4 is 11.9 Å². The second kappa shape index (κ2) is 7.83. The van der Waals surface area contributed by atoms with Crippen molar-refractivity contribution in [1.82, 2.24) is 5.32 Å². The summed E-state index contributed by atoms with van der Waals surface area (Å²) in [6, 6.07) is 5.47. The molecule has 0 heterocycles. The summed E-state index contributed by atoms with van der Waals surface area (Å²) in [5, 5.41) is 12.7. The molecule has 6 nitrogen and oxygen atoms in total. The first-order valence-electron chi connectivity index (χ1n) is 5.94. The normalized spacial score (nSPS) is 10.3. The molecule has 108 valence electrons. The number of nitrogens with one attached hydrogen (secondary N) is 1. The number of carboxylic acids is 1. The molecule has 1 aromatic carbocycles. The maximum atomic E-state index is 11.2. The van der Waals surface area contributed by atoms with E-state index in [1.807, 2.05) is 12.1 Å².